The van der Waals surface area contributed by atoms with Gasteiger partial charge in [0.2, 0.25) is 10.0 Å². The number of nitrogens with one attached hydrogen (secondary N) is 1. The van der Waals surface area contributed by atoms with E-state index in [1.165, 1.54) is 4.31 Å². The van der Waals surface area contributed by atoms with Crippen LogP contribution in [0.5, 0.6) is 0 Å². The van der Waals surface area contributed by atoms with E-state index in [0.717, 1.165) is 23.7 Å². The molecule has 0 unspecified atom stereocenters. The summed E-state index contributed by atoms with van der Waals surface area (Å²) in [6.45, 7) is 1.31. The van der Waals surface area contributed by atoms with Crippen molar-refractivity contribution >= 4 is 20.8 Å². The summed E-state index contributed by atoms with van der Waals surface area (Å²) in [6.07, 6.45) is 0.791. The van der Waals surface area contributed by atoms with Crippen LogP contribution in [0.4, 0.5) is 0 Å². The smallest absolute Gasteiger partial charge is 0.242 e. The van der Waals surface area contributed by atoms with Crippen LogP contribution in [0.2, 0.25) is 0 Å². The predicted octanol–water partition coefficient (Wildman–Crippen LogP) is 2.07. The molecule has 0 atom stereocenters. The summed E-state index contributed by atoms with van der Waals surface area (Å²) in [7, 11) is 0.0788. The van der Waals surface area contributed by atoms with E-state index < -0.39 is 10.0 Å². The fourth-order valence-electron chi connectivity index (χ4n) is 2.11. The summed E-state index contributed by atoms with van der Waals surface area (Å²) in [4.78, 5) is 0.350. The first-order valence-electron chi connectivity index (χ1n) is 6.65. The van der Waals surface area contributed by atoms with Gasteiger partial charge in [-0.3, -0.25) is 0 Å². The molecule has 0 fully saturated rings. The van der Waals surface area contributed by atoms with Crippen molar-refractivity contribution in [2.24, 2.45) is 0 Å². The Morgan fingerprint density at radius 1 is 1.10 bits per heavy atom. The van der Waals surface area contributed by atoms with Gasteiger partial charge in [-0.05, 0) is 42.9 Å². The molecule has 0 spiro atoms. The predicted molar refractivity (Wildman–Crippen MR) is 82.3 cm³/mol. The Hall–Kier alpha value is -1.43. The first kappa shape index (κ1) is 15.0. The summed E-state index contributed by atoms with van der Waals surface area (Å²) in [5.41, 5.74) is 0. The second-order valence-electron chi connectivity index (χ2n) is 4.79. The highest BCUT2D eigenvalue weighted by molar-refractivity contribution is 7.89. The van der Waals surface area contributed by atoms with Crippen LogP contribution in [0.15, 0.2) is 47.4 Å². The fraction of sp³-hybridized carbons (Fsp3) is 0.333. The molecule has 4 nitrogen and oxygen atoms in total. The lowest BCUT2D eigenvalue weighted by Crippen LogP contribution is -2.29. The molecule has 0 aliphatic rings. The van der Waals surface area contributed by atoms with Crippen LogP contribution in [0.3, 0.4) is 0 Å². The monoisotopic (exact) mass is 292 g/mol. The summed E-state index contributed by atoms with van der Waals surface area (Å²) in [5.74, 6) is 0. The Morgan fingerprint density at radius 2 is 1.80 bits per heavy atom. The number of benzene rings is 2. The van der Waals surface area contributed by atoms with Crippen molar-refractivity contribution in [3.8, 4) is 0 Å². The molecule has 0 heterocycles. The van der Waals surface area contributed by atoms with Crippen molar-refractivity contribution < 1.29 is 8.42 Å². The third-order valence-corrected chi connectivity index (χ3v) is 5.18. The SMILES string of the molecule is CNCCCN(C)S(=O)(=O)c1ccc2ccccc2c1. The van der Waals surface area contributed by atoms with Crippen molar-refractivity contribution in [1.82, 2.24) is 9.62 Å². The van der Waals surface area contributed by atoms with Crippen molar-refractivity contribution in [2.45, 2.75) is 11.3 Å². The maximum atomic E-state index is 12.5. The third-order valence-electron chi connectivity index (χ3n) is 3.33. The average Bonchev–Trinajstić information content (AvgIpc) is 2.46. The maximum absolute atomic E-state index is 12.5. The number of fused-ring (bicyclic) bond motifs is 1. The minimum absolute atomic E-state index is 0.350. The first-order chi connectivity index (χ1) is 9.55. The first-order valence-corrected chi connectivity index (χ1v) is 8.09. The van der Waals surface area contributed by atoms with Crippen LogP contribution in [0.1, 0.15) is 6.42 Å². The fourth-order valence-corrected chi connectivity index (χ4v) is 3.35. The van der Waals surface area contributed by atoms with Gasteiger partial charge in [-0.2, -0.15) is 0 Å². The van der Waals surface area contributed by atoms with E-state index >= 15 is 0 Å². The Morgan fingerprint density at radius 3 is 2.50 bits per heavy atom. The minimum atomic E-state index is -3.41. The Labute approximate surface area is 120 Å². The van der Waals surface area contributed by atoms with Crippen molar-refractivity contribution in [3.05, 3.63) is 42.5 Å². The molecule has 0 radical (unpaired) electrons. The zero-order valence-electron chi connectivity index (χ0n) is 11.8. The molecule has 2 rings (SSSR count). The highest BCUT2D eigenvalue weighted by Crippen LogP contribution is 2.21. The molecule has 1 N–H and O–H groups in total. The van der Waals surface area contributed by atoms with E-state index in [4.69, 9.17) is 0 Å². The van der Waals surface area contributed by atoms with Crippen molar-refractivity contribution in [1.29, 1.82) is 0 Å². The van der Waals surface area contributed by atoms with Crippen LogP contribution < -0.4 is 5.32 Å². The number of rotatable bonds is 6. The highest BCUT2D eigenvalue weighted by Gasteiger charge is 2.20. The van der Waals surface area contributed by atoms with E-state index in [1.807, 2.05) is 37.4 Å². The molecule has 0 bridgehead atoms. The average molecular weight is 292 g/mol. The van der Waals surface area contributed by atoms with Crippen LogP contribution >= 0.6 is 0 Å². The van der Waals surface area contributed by atoms with Gasteiger partial charge in [0.1, 0.15) is 0 Å². The molecule has 0 aliphatic carbocycles. The normalized spacial score (nSPS) is 12.2. The number of nitrogens with zero attached hydrogens (tertiary/aromatic N) is 1. The van der Waals surface area contributed by atoms with Crippen LogP contribution in [0, 0.1) is 0 Å². The van der Waals surface area contributed by atoms with Gasteiger partial charge in [-0.25, -0.2) is 12.7 Å². The molecule has 0 saturated carbocycles. The Kier molecular flexibility index (Phi) is 4.75. The second-order valence-corrected chi connectivity index (χ2v) is 6.84. The summed E-state index contributed by atoms with van der Waals surface area (Å²) in [5, 5.41) is 5.00. The number of hydrogen-bond acceptors (Lipinski definition) is 3. The van der Waals surface area contributed by atoms with Gasteiger partial charge < -0.3 is 5.32 Å². The van der Waals surface area contributed by atoms with E-state index in [0.29, 0.717) is 11.4 Å². The van der Waals surface area contributed by atoms with Crippen molar-refractivity contribution in [3.63, 3.8) is 0 Å². The molecular weight excluding hydrogens is 272 g/mol. The van der Waals surface area contributed by atoms with Gasteiger partial charge in [-0.15, -0.1) is 0 Å². The molecule has 0 amide bonds. The molecular formula is C15H20N2O2S. The van der Waals surface area contributed by atoms with E-state index in [2.05, 4.69) is 5.32 Å². The Balaban J connectivity index is 2.26. The third kappa shape index (κ3) is 3.17. The van der Waals surface area contributed by atoms with Gasteiger partial charge in [0, 0.05) is 13.6 Å². The molecule has 108 valence electrons. The van der Waals surface area contributed by atoms with Crippen LogP contribution in [-0.4, -0.2) is 39.9 Å². The zero-order valence-corrected chi connectivity index (χ0v) is 12.7. The van der Waals surface area contributed by atoms with Crippen molar-refractivity contribution in [2.75, 3.05) is 27.2 Å². The lowest BCUT2D eigenvalue weighted by Gasteiger charge is -2.17. The number of sulfonamides is 1. The van der Waals surface area contributed by atoms with Gasteiger partial charge in [0.15, 0.2) is 0 Å². The summed E-state index contributed by atoms with van der Waals surface area (Å²) < 4.78 is 26.4. The highest BCUT2D eigenvalue weighted by atomic mass is 32.2. The standard InChI is InChI=1S/C15H20N2O2S/c1-16-10-5-11-17(2)20(18,19)15-9-8-13-6-3-4-7-14(13)12-15/h3-4,6-9,12,16H,5,10-11H2,1-2H3. The molecule has 2 aromatic carbocycles. The second kappa shape index (κ2) is 6.35. The van der Waals surface area contributed by atoms with Crippen LogP contribution in [0.25, 0.3) is 10.8 Å². The molecule has 5 heteroatoms. The van der Waals surface area contributed by atoms with Crippen LogP contribution in [-0.2, 0) is 10.0 Å². The summed E-state index contributed by atoms with van der Waals surface area (Å²) in [6, 6.07) is 13.0. The van der Waals surface area contributed by atoms with Gasteiger partial charge >= 0.3 is 0 Å². The van der Waals surface area contributed by atoms with E-state index in [-0.39, 0.29) is 0 Å². The maximum Gasteiger partial charge on any atom is 0.242 e. The lowest BCUT2D eigenvalue weighted by molar-refractivity contribution is 0.458. The minimum Gasteiger partial charge on any atom is -0.320 e. The molecule has 0 saturated heterocycles. The topological polar surface area (TPSA) is 49.4 Å². The molecule has 20 heavy (non-hydrogen) atoms. The lowest BCUT2D eigenvalue weighted by atomic mass is 10.1. The van der Waals surface area contributed by atoms with Gasteiger partial charge in [0.25, 0.3) is 0 Å². The zero-order chi connectivity index (χ0) is 14.6. The largest absolute Gasteiger partial charge is 0.320 e. The van der Waals surface area contributed by atoms with Gasteiger partial charge in [0.05, 0.1) is 4.90 Å². The Bertz CT molecular complexity index is 683. The molecule has 0 aromatic heterocycles. The molecule has 2 aromatic rings. The van der Waals surface area contributed by atoms with Gasteiger partial charge in [-0.1, -0.05) is 30.3 Å². The van der Waals surface area contributed by atoms with E-state index in [9.17, 15) is 8.42 Å². The summed E-state index contributed by atoms with van der Waals surface area (Å²) >= 11 is 0. The quantitative estimate of drug-likeness (QED) is 0.829. The van der Waals surface area contributed by atoms with E-state index in [1.54, 1.807) is 19.2 Å². The number of hydrogen-bond donors (Lipinski definition) is 1. The molecule has 0 aliphatic heterocycles.